The van der Waals surface area contributed by atoms with Crippen molar-refractivity contribution in [2.75, 3.05) is 17.3 Å². The number of anilines is 1. The molecule has 3 rings (SSSR count). The van der Waals surface area contributed by atoms with Gasteiger partial charge in [-0.05, 0) is 24.5 Å². The average Bonchev–Trinajstić information content (AvgIpc) is 3.00. The third-order valence-corrected chi connectivity index (χ3v) is 5.00. The molecule has 1 N–H and O–H groups in total. The van der Waals surface area contributed by atoms with Crippen molar-refractivity contribution >= 4 is 22.0 Å². The fraction of sp³-hybridized carbons (Fsp3) is 0.333. The molecular weight excluding hydrogens is 338 g/mol. The number of hydrazone groups is 1. The lowest BCUT2D eigenvalue weighted by molar-refractivity contribution is -0.697. The van der Waals surface area contributed by atoms with Crippen LogP contribution in [0.5, 0.6) is 0 Å². The van der Waals surface area contributed by atoms with Crippen molar-refractivity contribution in [2.24, 2.45) is 5.10 Å². The Kier molecular flexibility index (Phi) is 5.45. The van der Waals surface area contributed by atoms with Gasteiger partial charge in [-0.2, -0.15) is 13.5 Å². The van der Waals surface area contributed by atoms with Crippen molar-refractivity contribution in [3.05, 3.63) is 59.9 Å². The number of aryl methyl sites for hydroxylation is 1. The monoisotopic (exact) mass is 360 g/mol. The normalized spacial score (nSPS) is 14.2. The fourth-order valence-electron chi connectivity index (χ4n) is 2.86. The van der Waals surface area contributed by atoms with Crippen LogP contribution < -0.4 is 9.58 Å². The zero-order valence-electron chi connectivity index (χ0n) is 14.0. The Bertz CT molecular complexity index is 848. The SMILES string of the molecule is O=S(=O)(O)CCCC[n+]1ccc(C=NN2CCc3ccccc32)cc1. The summed E-state index contributed by atoms with van der Waals surface area (Å²) in [4.78, 5) is 0. The van der Waals surface area contributed by atoms with Crippen LogP contribution in [-0.2, 0) is 23.1 Å². The minimum atomic E-state index is -3.85. The van der Waals surface area contributed by atoms with Crippen LogP contribution in [0.15, 0.2) is 53.9 Å². The molecule has 1 aromatic heterocycles. The number of aromatic nitrogens is 1. The van der Waals surface area contributed by atoms with Gasteiger partial charge in [-0.1, -0.05) is 18.2 Å². The molecule has 25 heavy (non-hydrogen) atoms. The molecular formula is C18H22N3O3S+. The second kappa shape index (κ2) is 7.76. The van der Waals surface area contributed by atoms with Crippen LogP contribution in [0.1, 0.15) is 24.0 Å². The summed E-state index contributed by atoms with van der Waals surface area (Å²) in [6.07, 6.45) is 7.92. The topological polar surface area (TPSA) is 73.9 Å². The molecule has 0 spiro atoms. The molecule has 0 aliphatic carbocycles. The molecule has 0 amide bonds. The molecule has 0 bridgehead atoms. The van der Waals surface area contributed by atoms with Crippen molar-refractivity contribution in [3.63, 3.8) is 0 Å². The summed E-state index contributed by atoms with van der Waals surface area (Å²) in [7, 11) is -3.85. The van der Waals surface area contributed by atoms with Gasteiger partial charge in [0.05, 0.1) is 17.7 Å². The maximum Gasteiger partial charge on any atom is 0.264 e. The van der Waals surface area contributed by atoms with Gasteiger partial charge in [0.15, 0.2) is 12.4 Å². The fourth-order valence-corrected chi connectivity index (χ4v) is 3.43. The third kappa shape index (κ3) is 5.11. The van der Waals surface area contributed by atoms with Crippen LogP contribution in [0.4, 0.5) is 5.69 Å². The van der Waals surface area contributed by atoms with Crippen LogP contribution in [0.3, 0.4) is 0 Å². The smallest absolute Gasteiger partial charge is 0.264 e. The van der Waals surface area contributed by atoms with E-state index in [9.17, 15) is 8.42 Å². The highest BCUT2D eigenvalue weighted by Crippen LogP contribution is 2.27. The predicted octanol–water partition coefficient (Wildman–Crippen LogP) is 2.04. The summed E-state index contributed by atoms with van der Waals surface area (Å²) in [6, 6.07) is 12.3. The van der Waals surface area contributed by atoms with E-state index < -0.39 is 10.1 Å². The maximum atomic E-state index is 10.7. The number of unbranched alkanes of at least 4 members (excludes halogenated alkanes) is 1. The minimum absolute atomic E-state index is 0.185. The van der Waals surface area contributed by atoms with E-state index in [1.807, 2.05) is 46.4 Å². The first-order chi connectivity index (χ1) is 12.0. The highest BCUT2D eigenvalue weighted by molar-refractivity contribution is 7.85. The number of rotatable bonds is 7. The van der Waals surface area contributed by atoms with Gasteiger partial charge < -0.3 is 0 Å². The molecule has 1 aromatic carbocycles. The molecule has 2 heterocycles. The lowest BCUT2D eigenvalue weighted by Gasteiger charge is -2.11. The highest BCUT2D eigenvalue weighted by Gasteiger charge is 2.16. The molecule has 132 valence electrons. The number of benzene rings is 1. The van der Waals surface area contributed by atoms with Crippen LogP contribution in [0, 0.1) is 0 Å². The summed E-state index contributed by atoms with van der Waals surface area (Å²) in [5.74, 6) is -0.185. The predicted molar refractivity (Wildman–Crippen MR) is 97.4 cm³/mol. The molecule has 0 fully saturated rings. The number of fused-ring (bicyclic) bond motifs is 1. The van der Waals surface area contributed by atoms with E-state index in [0.717, 1.165) is 18.5 Å². The lowest BCUT2D eigenvalue weighted by Crippen LogP contribution is -2.32. The van der Waals surface area contributed by atoms with Gasteiger partial charge in [0.25, 0.3) is 10.1 Å². The Morgan fingerprint density at radius 2 is 1.92 bits per heavy atom. The van der Waals surface area contributed by atoms with Crippen LogP contribution >= 0.6 is 0 Å². The summed E-state index contributed by atoms with van der Waals surface area (Å²) >= 11 is 0. The zero-order chi connectivity index (χ0) is 17.7. The number of pyridine rings is 1. The van der Waals surface area contributed by atoms with Crippen molar-refractivity contribution < 1.29 is 17.5 Å². The second-order valence-electron chi connectivity index (χ2n) is 6.11. The van der Waals surface area contributed by atoms with Gasteiger partial charge in [0.2, 0.25) is 0 Å². The van der Waals surface area contributed by atoms with Crippen molar-refractivity contribution in [1.82, 2.24) is 0 Å². The van der Waals surface area contributed by atoms with Crippen molar-refractivity contribution in [2.45, 2.75) is 25.8 Å². The quantitative estimate of drug-likeness (QED) is 0.355. The third-order valence-electron chi connectivity index (χ3n) is 4.19. The largest absolute Gasteiger partial charge is 0.286 e. The van der Waals surface area contributed by atoms with Gasteiger partial charge in [0, 0.05) is 30.7 Å². The van der Waals surface area contributed by atoms with Gasteiger partial charge in [-0.3, -0.25) is 9.56 Å². The Balaban J connectivity index is 1.53. The van der Waals surface area contributed by atoms with Crippen LogP contribution in [0.25, 0.3) is 0 Å². The van der Waals surface area contributed by atoms with E-state index in [2.05, 4.69) is 23.3 Å². The molecule has 1 aliphatic heterocycles. The highest BCUT2D eigenvalue weighted by atomic mass is 32.2. The lowest BCUT2D eigenvalue weighted by atomic mass is 10.2. The number of para-hydroxylation sites is 1. The Labute approximate surface area is 148 Å². The van der Waals surface area contributed by atoms with Crippen LogP contribution in [0.2, 0.25) is 0 Å². The molecule has 7 heteroatoms. The van der Waals surface area contributed by atoms with Gasteiger partial charge in [0.1, 0.15) is 6.54 Å². The molecule has 0 atom stereocenters. The molecule has 0 radical (unpaired) electrons. The molecule has 1 aliphatic rings. The van der Waals surface area contributed by atoms with Gasteiger partial charge in [-0.15, -0.1) is 0 Å². The second-order valence-corrected chi connectivity index (χ2v) is 7.68. The first kappa shape index (κ1) is 17.6. The Morgan fingerprint density at radius 3 is 2.68 bits per heavy atom. The van der Waals surface area contributed by atoms with E-state index in [0.29, 0.717) is 19.4 Å². The Morgan fingerprint density at radius 1 is 1.16 bits per heavy atom. The van der Waals surface area contributed by atoms with Gasteiger partial charge in [-0.25, -0.2) is 4.57 Å². The molecule has 0 unspecified atom stereocenters. The maximum absolute atomic E-state index is 10.7. The van der Waals surface area contributed by atoms with Crippen molar-refractivity contribution in [3.8, 4) is 0 Å². The molecule has 0 saturated carbocycles. The zero-order valence-corrected chi connectivity index (χ0v) is 14.8. The number of hydrogen-bond acceptors (Lipinski definition) is 4. The van der Waals surface area contributed by atoms with Gasteiger partial charge >= 0.3 is 0 Å². The standard InChI is InChI=1S/C18H21N3O3S/c22-25(23,24)14-4-3-10-20-11-7-16(8-12-20)15-19-21-13-9-17-5-1-2-6-18(17)21/h1-2,5-8,11-12,15H,3-4,9-10,13-14H2/p+1. The number of nitrogens with zero attached hydrogens (tertiary/aromatic N) is 3. The Hall–Kier alpha value is -2.25. The van der Waals surface area contributed by atoms with E-state index in [1.165, 1.54) is 11.3 Å². The van der Waals surface area contributed by atoms with E-state index >= 15 is 0 Å². The summed E-state index contributed by atoms with van der Waals surface area (Å²) < 4.78 is 32.1. The summed E-state index contributed by atoms with van der Waals surface area (Å²) in [5, 5.41) is 6.59. The van der Waals surface area contributed by atoms with E-state index in [-0.39, 0.29) is 5.75 Å². The summed E-state index contributed by atoms with van der Waals surface area (Å²) in [5.41, 5.74) is 3.51. The molecule has 6 nitrogen and oxygen atoms in total. The van der Waals surface area contributed by atoms with E-state index in [4.69, 9.17) is 4.55 Å². The first-order valence-corrected chi connectivity index (χ1v) is 9.96. The van der Waals surface area contributed by atoms with Crippen molar-refractivity contribution in [1.29, 1.82) is 0 Å². The summed E-state index contributed by atoms with van der Waals surface area (Å²) in [6.45, 7) is 1.61. The minimum Gasteiger partial charge on any atom is -0.286 e. The van der Waals surface area contributed by atoms with E-state index in [1.54, 1.807) is 0 Å². The van der Waals surface area contributed by atoms with Crippen LogP contribution in [-0.4, -0.2) is 31.5 Å². The number of hydrogen-bond donors (Lipinski definition) is 1. The molecule has 2 aromatic rings. The average molecular weight is 360 g/mol. The molecule has 0 saturated heterocycles. The first-order valence-electron chi connectivity index (χ1n) is 8.35.